The van der Waals surface area contributed by atoms with E-state index in [1.807, 2.05) is 12.4 Å². The lowest BCUT2D eigenvalue weighted by atomic mass is 10.1. The third-order valence-corrected chi connectivity index (χ3v) is 3.40. The number of anilines is 1. The van der Waals surface area contributed by atoms with Crippen LogP contribution in [0.4, 0.5) is 5.69 Å². The highest BCUT2D eigenvalue weighted by Gasteiger charge is 2.37. The number of rotatable bonds is 1. The molecule has 0 spiro atoms. The predicted octanol–water partition coefficient (Wildman–Crippen LogP) is 2.07. The number of fused-ring (bicyclic) bond motifs is 2. The highest BCUT2D eigenvalue weighted by atomic mass is 15.2. The molecule has 0 radical (unpaired) electrons. The molecule has 1 saturated carbocycles. The molecule has 1 aromatic rings. The van der Waals surface area contributed by atoms with E-state index in [2.05, 4.69) is 22.0 Å². The zero-order chi connectivity index (χ0) is 8.67. The molecule has 2 nitrogen and oxygen atoms in total. The molecule has 13 heavy (non-hydrogen) atoms. The molecule has 1 aromatic heterocycles. The molecule has 2 atom stereocenters. The molecule has 2 fully saturated rings. The number of hydrogen-bond donors (Lipinski definition) is 0. The Morgan fingerprint density at radius 2 is 2.08 bits per heavy atom. The van der Waals surface area contributed by atoms with Gasteiger partial charge in [-0.1, -0.05) is 0 Å². The van der Waals surface area contributed by atoms with Crippen LogP contribution in [0.3, 0.4) is 0 Å². The molecule has 2 aliphatic rings. The summed E-state index contributed by atoms with van der Waals surface area (Å²) in [7, 11) is 0. The minimum atomic E-state index is 0.826. The Morgan fingerprint density at radius 3 is 2.69 bits per heavy atom. The molecular weight excluding hydrogens is 160 g/mol. The summed E-state index contributed by atoms with van der Waals surface area (Å²) < 4.78 is 0. The molecule has 1 aliphatic carbocycles. The van der Waals surface area contributed by atoms with Crippen molar-refractivity contribution < 1.29 is 0 Å². The van der Waals surface area contributed by atoms with Gasteiger partial charge in [0.1, 0.15) is 0 Å². The molecule has 1 aliphatic heterocycles. The lowest BCUT2D eigenvalue weighted by molar-refractivity contribution is 0.553. The Labute approximate surface area is 78.6 Å². The van der Waals surface area contributed by atoms with E-state index < -0.39 is 0 Å². The fourth-order valence-electron chi connectivity index (χ4n) is 2.78. The van der Waals surface area contributed by atoms with Gasteiger partial charge < -0.3 is 4.90 Å². The lowest BCUT2D eigenvalue weighted by Crippen LogP contribution is -2.31. The van der Waals surface area contributed by atoms with Crippen LogP contribution in [0.25, 0.3) is 0 Å². The Morgan fingerprint density at radius 1 is 1.23 bits per heavy atom. The minimum absolute atomic E-state index is 0.826. The summed E-state index contributed by atoms with van der Waals surface area (Å²) in [6, 6.07) is 5.08. The van der Waals surface area contributed by atoms with Crippen molar-refractivity contribution >= 4 is 5.69 Å². The summed E-state index contributed by atoms with van der Waals surface area (Å²) in [5.74, 6) is 0.971. The minimum Gasteiger partial charge on any atom is -0.368 e. The smallest absolute Gasteiger partial charge is 0.0399 e. The Balaban J connectivity index is 1.87. The Hall–Kier alpha value is -1.05. The number of pyridine rings is 1. The van der Waals surface area contributed by atoms with Gasteiger partial charge in [-0.3, -0.25) is 4.98 Å². The molecule has 2 bridgehead atoms. The number of nitrogens with zero attached hydrogens (tertiary/aromatic N) is 2. The van der Waals surface area contributed by atoms with E-state index >= 15 is 0 Å². The van der Waals surface area contributed by atoms with E-state index in [0.29, 0.717) is 0 Å². The third kappa shape index (κ3) is 1.12. The quantitative estimate of drug-likeness (QED) is 0.648. The van der Waals surface area contributed by atoms with Gasteiger partial charge in [-0.15, -0.1) is 0 Å². The maximum atomic E-state index is 4.05. The summed E-state index contributed by atoms with van der Waals surface area (Å²) in [5.41, 5.74) is 1.36. The molecule has 3 rings (SSSR count). The van der Waals surface area contributed by atoms with Gasteiger partial charge in [0, 0.05) is 30.7 Å². The average molecular weight is 174 g/mol. The molecule has 2 heterocycles. The molecule has 2 unspecified atom stereocenters. The van der Waals surface area contributed by atoms with E-state index in [-0.39, 0.29) is 0 Å². The van der Waals surface area contributed by atoms with Crippen LogP contribution in [0, 0.1) is 5.92 Å². The first kappa shape index (κ1) is 7.36. The van der Waals surface area contributed by atoms with Crippen LogP contribution in [0.1, 0.15) is 19.3 Å². The van der Waals surface area contributed by atoms with E-state index in [0.717, 1.165) is 12.0 Å². The molecule has 2 heteroatoms. The maximum absolute atomic E-state index is 4.05. The standard InChI is InChI=1S/C11H14N2/c1-2-11-7-9(1)8-13(11)10-3-5-12-6-4-10/h3-6,9,11H,1-2,7-8H2. The van der Waals surface area contributed by atoms with Crippen molar-refractivity contribution in [2.45, 2.75) is 25.3 Å². The second-order valence-corrected chi connectivity index (χ2v) is 4.19. The van der Waals surface area contributed by atoms with Crippen LogP contribution in [-0.4, -0.2) is 17.6 Å². The van der Waals surface area contributed by atoms with E-state index in [9.17, 15) is 0 Å². The zero-order valence-corrected chi connectivity index (χ0v) is 7.69. The number of aromatic nitrogens is 1. The topological polar surface area (TPSA) is 16.1 Å². The largest absolute Gasteiger partial charge is 0.368 e. The van der Waals surface area contributed by atoms with Crippen LogP contribution in [0.5, 0.6) is 0 Å². The van der Waals surface area contributed by atoms with Gasteiger partial charge in [0.25, 0.3) is 0 Å². The Kier molecular flexibility index (Phi) is 1.54. The van der Waals surface area contributed by atoms with Crippen molar-refractivity contribution in [3.63, 3.8) is 0 Å². The van der Waals surface area contributed by atoms with Crippen molar-refractivity contribution in [3.05, 3.63) is 24.5 Å². The van der Waals surface area contributed by atoms with Gasteiger partial charge in [0.15, 0.2) is 0 Å². The van der Waals surface area contributed by atoms with Gasteiger partial charge in [-0.25, -0.2) is 0 Å². The van der Waals surface area contributed by atoms with Crippen molar-refractivity contribution in [2.75, 3.05) is 11.4 Å². The first-order valence-corrected chi connectivity index (χ1v) is 5.10. The van der Waals surface area contributed by atoms with Crippen LogP contribution in [-0.2, 0) is 0 Å². The predicted molar refractivity (Wildman–Crippen MR) is 52.7 cm³/mol. The van der Waals surface area contributed by atoms with E-state index in [1.54, 1.807) is 0 Å². The lowest BCUT2D eigenvalue weighted by Gasteiger charge is -2.28. The molecule has 0 N–H and O–H groups in total. The number of piperidine rings is 1. The summed E-state index contributed by atoms with van der Waals surface area (Å²) in [4.78, 5) is 6.60. The van der Waals surface area contributed by atoms with Crippen molar-refractivity contribution in [2.24, 2.45) is 5.92 Å². The molecule has 1 saturated heterocycles. The molecule has 0 amide bonds. The Bertz CT molecular complexity index is 296. The van der Waals surface area contributed by atoms with Crippen LogP contribution < -0.4 is 4.90 Å². The fraction of sp³-hybridized carbons (Fsp3) is 0.545. The maximum Gasteiger partial charge on any atom is 0.0399 e. The van der Waals surface area contributed by atoms with Crippen molar-refractivity contribution in [3.8, 4) is 0 Å². The summed E-state index contributed by atoms with van der Waals surface area (Å²) in [6.45, 7) is 1.27. The monoisotopic (exact) mass is 174 g/mol. The van der Waals surface area contributed by atoms with Gasteiger partial charge in [-0.05, 0) is 37.3 Å². The van der Waals surface area contributed by atoms with Gasteiger partial charge in [-0.2, -0.15) is 0 Å². The summed E-state index contributed by atoms with van der Waals surface area (Å²) in [6.07, 6.45) is 8.05. The highest BCUT2D eigenvalue weighted by molar-refractivity contribution is 5.47. The van der Waals surface area contributed by atoms with Gasteiger partial charge >= 0.3 is 0 Å². The fourth-order valence-corrected chi connectivity index (χ4v) is 2.78. The van der Waals surface area contributed by atoms with Crippen LogP contribution in [0.2, 0.25) is 0 Å². The second kappa shape index (κ2) is 2.72. The summed E-state index contributed by atoms with van der Waals surface area (Å²) in [5, 5.41) is 0. The molecule has 68 valence electrons. The molecular formula is C11H14N2. The highest BCUT2D eigenvalue weighted by Crippen LogP contribution is 2.39. The van der Waals surface area contributed by atoms with Gasteiger partial charge in [0.2, 0.25) is 0 Å². The zero-order valence-electron chi connectivity index (χ0n) is 7.69. The third-order valence-electron chi connectivity index (χ3n) is 3.40. The van der Waals surface area contributed by atoms with Crippen LogP contribution >= 0.6 is 0 Å². The van der Waals surface area contributed by atoms with E-state index in [1.165, 1.54) is 31.5 Å². The number of hydrogen-bond acceptors (Lipinski definition) is 2. The summed E-state index contributed by atoms with van der Waals surface area (Å²) >= 11 is 0. The average Bonchev–Trinajstić information content (AvgIpc) is 2.80. The molecule has 0 aromatic carbocycles. The second-order valence-electron chi connectivity index (χ2n) is 4.19. The van der Waals surface area contributed by atoms with Gasteiger partial charge in [0.05, 0.1) is 0 Å². The van der Waals surface area contributed by atoms with Crippen molar-refractivity contribution in [1.82, 2.24) is 4.98 Å². The first-order chi connectivity index (χ1) is 6.43. The van der Waals surface area contributed by atoms with E-state index in [4.69, 9.17) is 0 Å². The van der Waals surface area contributed by atoms with Crippen LogP contribution in [0.15, 0.2) is 24.5 Å². The van der Waals surface area contributed by atoms with Crippen molar-refractivity contribution in [1.29, 1.82) is 0 Å². The SMILES string of the molecule is c1cc(N2CC3CCC2C3)ccn1. The normalized spacial score (nSPS) is 31.2. The first-order valence-electron chi connectivity index (χ1n) is 5.10.